The largest absolute Gasteiger partial charge is 0.323 e. The first-order valence-electron chi connectivity index (χ1n) is 6.76. The van der Waals surface area contributed by atoms with Crippen LogP contribution in [0.4, 0.5) is 0 Å². The predicted octanol–water partition coefficient (Wildman–Crippen LogP) is 3.64. The van der Waals surface area contributed by atoms with E-state index in [1.54, 1.807) is 12.1 Å². The molecule has 0 unspecified atom stereocenters. The molecule has 1 aromatic heterocycles. The molecule has 0 saturated carbocycles. The lowest BCUT2D eigenvalue weighted by Crippen LogP contribution is -2.15. The van der Waals surface area contributed by atoms with Gasteiger partial charge in [-0.25, -0.2) is 0 Å². The molecule has 4 nitrogen and oxygen atoms in total. The van der Waals surface area contributed by atoms with Crippen LogP contribution in [0, 0.1) is 6.92 Å². The third kappa shape index (κ3) is 3.45. The number of thiazole rings is 1. The zero-order chi connectivity index (χ0) is 16.7. The van der Waals surface area contributed by atoms with Crippen LogP contribution in [0.3, 0.4) is 0 Å². The molecule has 120 valence electrons. The molecule has 0 N–H and O–H groups in total. The second-order valence-corrected chi connectivity index (χ2v) is 9.15. The topological polar surface area (TPSA) is 51.4 Å². The molecule has 0 saturated heterocycles. The first kappa shape index (κ1) is 17.2. The van der Waals surface area contributed by atoms with Crippen LogP contribution in [0.15, 0.2) is 33.6 Å². The maximum absolute atomic E-state index is 12.4. The molecule has 0 aliphatic carbocycles. The van der Waals surface area contributed by atoms with Crippen molar-refractivity contribution < 1.29 is 8.42 Å². The molecule has 2 aromatic rings. The zero-order valence-corrected chi connectivity index (χ0v) is 15.6. The van der Waals surface area contributed by atoms with Gasteiger partial charge in [0.05, 0.1) is 4.90 Å². The van der Waals surface area contributed by atoms with Crippen LogP contribution in [0.1, 0.15) is 31.3 Å². The van der Waals surface area contributed by atoms with Gasteiger partial charge in [-0.3, -0.25) is 0 Å². The van der Waals surface area contributed by atoms with Gasteiger partial charge in [-0.05, 0) is 36.6 Å². The van der Waals surface area contributed by atoms with Crippen molar-refractivity contribution in [3.8, 4) is 0 Å². The SMILES string of the molecule is Cc1c(C(C)(C)C)sc(=NS(=O)(=O)c2ccc(Cl)cc2)n1C. The van der Waals surface area contributed by atoms with Gasteiger partial charge < -0.3 is 4.57 Å². The molecule has 7 heteroatoms. The van der Waals surface area contributed by atoms with Crippen molar-refractivity contribution in [2.45, 2.75) is 38.0 Å². The highest BCUT2D eigenvalue weighted by Crippen LogP contribution is 2.28. The minimum absolute atomic E-state index is 0.0513. The van der Waals surface area contributed by atoms with Gasteiger partial charge in [-0.15, -0.1) is 15.7 Å². The summed E-state index contributed by atoms with van der Waals surface area (Å²) in [4.78, 5) is 1.73. The summed E-state index contributed by atoms with van der Waals surface area (Å²) < 4.78 is 30.7. The number of rotatable bonds is 2. The Kier molecular flexibility index (Phi) is 4.57. The quantitative estimate of drug-likeness (QED) is 0.823. The molecule has 0 amide bonds. The van der Waals surface area contributed by atoms with Crippen LogP contribution in [-0.2, 0) is 22.5 Å². The maximum Gasteiger partial charge on any atom is 0.285 e. The summed E-state index contributed by atoms with van der Waals surface area (Å²) in [5, 5.41) is 0.492. The highest BCUT2D eigenvalue weighted by molar-refractivity contribution is 7.90. The molecule has 0 spiro atoms. The highest BCUT2D eigenvalue weighted by atomic mass is 35.5. The Bertz CT molecular complexity index is 854. The van der Waals surface area contributed by atoms with Crippen LogP contribution in [0.2, 0.25) is 5.02 Å². The van der Waals surface area contributed by atoms with Gasteiger partial charge in [0.25, 0.3) is 10.0 Å². The summed E-state index contributed by atoms with van der Waals surface area (Å²) >= 11 is 7.20. The number of sulfonamides is 1. The van der Waals surface area contributed by atoms with Gasteiger partial charge in [0.1, 0.15) is 0 Å². The Morgan fingerprint density at radius 2 is 1.73 bits per heavy atom. The molecule has 1 aromatic carbocycles. The van der Waals surface area contributed by atoms with Gasteiger partial charge in [0.2, 0.25) is 4.80 Å². The standard InChI is InChI=1S/C15H19ClN2O2S2/c1-10-13(15(2,3)4)21-14(18(10)5)17-22(19,20)12-8-6-11(16)7-9-12/h6-9H,1-5H3. The molecule has 2 rings (SSSR count). The van der Waals surface area contributed by atoms with E-state index in [0.717, 1.165) is 10.6 Å². The smallest absolute Gasteiger partial charge is 0.285 e. The fourth-order valence-corrected chi connectivity index (χ4v) is 4.60. The van der Waals surface area contributed by atoms with E-state index in [-0.39, 0.29) is 10.3 Å². The lowest BCUT2D eigenvalue weighted by molar-refractivity contribution is 0.592. The van der Waals surface area contributed by atoms with Crippen LogP contribution >= 0.6 is 22.9 Å². The van der Waals surface area contributed by atoms with E-state index in [2.05, 4.69) is 25.2 Å². The Balaban J connectivity index is 2.61. The Labute approximate surface area is 140 Å². The summed E-state index contributed by atoms with van der Waals surface area (Å²) in [5.41, 5.74) is 0.979. The van der Waals surface area contributed by atoms with E-state index in [0.29, 0.717) is 9.82 Å². The number of nitrogens with zero attached hydrogens (tertiary/aromatic N) is 2. The van der Waals surface area contributed by atoms with E-state index in [9.17, 15) is 8.42 Å². The number of hydrogen-bond acceptors (Lipinski definition) is 3. The molecule has 0 radical (unpaired) electrons. The molecule has 0 aliphatic rings. The Morgan fingerprint density at radius 1 is 1.18 bits per heavy atom. The Hall–Kier alpha value is -1.11. The van der Waals surface area contributed by atoms with E-state index >= 15 is 0 Å². The zero-order valence-electron chi connectivity index (χ0n) is 13.2. The van der Waals surface area contributed by atoms with Gasteiger partial charge >= 0.3 is 0 Å². The van der Waals surface area contributed by atoms with E-state index in [1.165, 1.54) is 23.5 Å². The van der Waals surface area contributed by atoms with Gasteiger partial charge in [0, 0.05) is 22.6 Å². The van der Waals surface area contributed by atoms with Crippen LogP contribution in [-0.4, -0.2) is 13.0 Å². The predicted molar refractivity (Wildman–Crippen MR) is 90.9 cm³/mol. The van der Waals surface area contributed by atoms with Crippen LogP contribution in [0.25, 0.3) is 0 Å². The summed E-state index contributed by atoms with van der Waals surface area (Å²) in [6.07, 6.45) is 0. The van der Waals surface area contributed by atoms with Crippen molar-refractivity contribution in [2.24, 2.45) is 11.4 Å². The summed E-state index contributed by atoms with van der Waals surface area (Å²) in [6, 6.07) is 6.02. The average Bonchev–Trinajstić information content (AvgIpc) is 2.67. The molecule has 0 bridgehead atoms. The monoisotopic (exact) mass is 358 g/mol. The summed E-state index contributed by atoms with van der Waals surface area (Å²) in [6.45, 7) is 8.28. The van der Waals surface area contributed by atoms with Crippen molar-refractivity contribution in [2.75, 3.05) is 0 Å². The molecule has 0 atom stereocenters. The van der Waals surface area contributed by atoms with Crippen molar-refractivity contribution in [1.82, 2.24) is 4.57 Å². The Morgan fingerprint density at radius 3 is 2.18 bits per heavy atom. The average molecular weight is 359 g/mol. The van der Waals surface area contributed by atoms with Crippen molar-refractivity contribution in [3.05, 3.63) is 44.7 Å². The number of benzene rings is 1. The molecule has 0 aliphatic heterocycles. The molecule has 1 heterocycles. The summed E-state index contributed by atoms with van der Waals surface area (Å²) in [7, 11) is -1.91. The molecular weight excluding hydrogens is 340 g/mol. The number of hydrogen-bond donors (Lipinski definition) is 0. The van der Waals surface area contributed by atoms with E-state index < -0.39 is 10.0 Å². The molecule has 22 heavy (non-hydrogen) atoms. The maximum atomic E-state index is 12.4. The number of halogens is 1. The third-order valence-electron chi connectivity index (χ3n) is 3.30. The minimum atomic E-state index is -3.75. The van der Waals surface area contributed by atoms with Gasteiger partial charge in [0.15, 0.2) is 0 Å². The number of aromatic nitrogens is 1. The normalized spacial score (nSPS) is 13.6. The molecule has 0 fully saturated rings. The minimum Gasteiger partial charge on any atom is -0.323 e. The molecular formula is C15H19ClN2O2S2. The second kappa shape index (κ2) is 5.83. The van der Waals surface area contributed by atoms with Crippen molar-refractivity contribution in [1.29, 1.82) is 0 Å². The lowest BCUT2D eigenvalue weighted by atomic mass is 9.93. The fraction of sp³-hybridized carbons (Fsp3) is 0.400. The summed E-state index contributed by atoms with van der Waals surface area (Å²) in [5.74, 6) is 0. The third-order valence-corrected chi connectivity index (χ3v) is 6.61. The van der Waals surface area contributed by atoms with Crippen LogP contribution in [0.5, 0.6) is 0 Å². The fourth-order valence-electron chi connectivity index (χ4n) is 2.07. The van der Waals surface area contributed by atoms with Crippen molar-refractivity contribution >= 4 is 33.0 Å². The first-order chi connectivity index (χ1) is 10.0. The van der Waals surface area contributed by atoms with E-state index in [1.807, 2.05) is 18.5 Å². The second-order valence-electron chi connectivity index (χ2n) is 6.13. The van der Waals surface area contributed by atoms with Gasteiger partial charge in [-0.1, -0.05) is 32.4 Å². The van der Waals surface area contributed by atoms with E-state index in [4.69, 9.17) is 11.6 Å². The lowest BCUT2D eigenvalue weighted by Gasteiger charge is -2.17. The van der Waals surface area contributed by atoms with Crippen molar-refractivity contribution in [3.63, 3.8) is 0 Å². The van der Waals surface area contributed by atoms with Crippen LogP contribution < -0.4 is 4.80 Å². The van der Waals surface area contributed by atoms with Gasteiger partial charge in [-0.2, -0.15) is 8.42 Å². The first-order valence-corrected chi connectivity index (χ1v) is 9.39. The highest BCUT2D eigenvalue weighted by Gasteiger charge is 2.22.